The molecule has 0 spiro atoms. The first-order chi connectivity index (χ1) is 11.0. The SMILES string of the molecule is CSc1ccc(/C=C(/C#N)C(=O)Nc2ccc(C)c(Cl)c2)cc1. The van der Waals surface area contributed by atoms with Gasteiger partial charge in [-0.2, -0.15) is 5.26 Å². The number of halogens is 1. The molecule has 0 saturated heterocycles. The topological polar surface area (TPSA) is 52.9 Å². The molecule has 0 bridgehead atoms. The summed E-state index contributed by atoms with van der Waals surface area (Å²) in [6, 6.07) is 14.8. The van der Waals surface area contributed by atoms with Crippen LogP contribution in [0.25, 0.3) is 6.08 Å². The fraction of sp³-hybridized carbons (Fsp3) is 0.111. The van der Waals surface area contributed by atoms with E-state index >= 15 is 0 Å². The minimum absolute atomic E-state index is 0.0404. The van der Waals surface area contributed by atoms with Crippen LogP contribution in [-0.4, -0.2) is 12.2 Å². The van der Waals surface area contributed by atoms with Crippen LogP contribution < -0.4 is 5.32 Å². The summed E-state index contributed by atoms with van der Waals surface area (Å²) < 4.78 is 0. The highest BCUT2D eigenvalue weighted by Crippen LogP contribution is 2.21. The number of hydrogen-bond acceptors (Lipinski definition) is 3. The van der Waals surface area contributed by atoms with Crippen molar-refractivity contribution in [1.82, 2.24) is 0 Å². The Morgan fingerprint density at radius 2 is 1.96 bits per heavy atom. The molecule has 23 heavy (non-hydrogen) atoms. The summed E-state index contributed by atoms with van der Waals surface area (Å²) in [6.07, 6.45) is 3.56. The molecule has 2 aromatic rings. The fourth-order valence-electron chi connectivity index (χ4n) is 1.88. The largest absolute Gasteiger partial charge is 0.321 e. The normalized spacial score (nSPS) is 11.0. The van der Waals surface area contributed by atoms with E-state index in [1.807, 2.05) is 49.6 Å². The molecule has 0 unspecified atom stereocenters. The molecule has 5 heteroatoms. The van der Waals surface area contributed by atoms with Crippen LogP contribution in [0.1, 0.15) is 11.1 Å². The third kappa shape index (κ3) is 4.62. The first kappa shape index (κ1) is 17.1. The molecule has 2 rings (SSSR count). The molecule has 0 radical (unpaired) electrons. The number of carbonyl (C=O) groups is 1. The lowest BCUT2D eigenvalue weighted by Gasteiger charge is -2.06. The Balaban J connectivity index is 2.18. The summed E-state index contributed by atoms with van der Waals surface area (Å²) >= 11 is 7.67. The zero-order chi connectivity index (χ0) is 16.8. The van der Waals surface area contributed by atoms with Crippen molar-refractivity contribution in [2.45, 2.75) is 11.8 Å². The molecule has 2 aromatic carbocycles. The number of nitrogens with zero attached hydrogens (tertiary/aromatic N) is 1. The third-order valence-corrected chi connectivity index (χ3v) is 4.37. The van der Waals surface area contributed by atoms with Gasteiger partial charge in [0.1, 0.15) is 11.6 Å². The quantitative estimate of drug-likeness (QED) is 0.487. The Hall–Kier alpha value is -2.22. The highest BCUT2D eigenvalue weighted by Gasteiger charge is 2.10. The lowest BCUT2D eigenvalue weighted by molar-refractivity contribution is -0.112. The smallest absolute Gasteiger partial charge is 0.266 e. The predicted molar refractivity (Wildman–Crippen MR) is 96.6 cm³/mol. The van der Waals surface area contributed by atoms with E-state index in [1.54, 1.807) is 30.0 Å². The van der Waals surface area contributed by atoms with Crippen molar-refractivity contribution in [2.24, 2.45) is 0 Å². The van der Waals surface area contributed by atoms with Gasteiger partial charge in [0.15, 0.2) is 0 Å². The van der Waals surface area contributed by atoms with Crippen LogP contribution in [0.3, 0.4) is 0 Å². The number of carbonyl (C=O) groups excluding carboxylic acids is 1. The predicted octanol–water partition coefficient (Wildman–Crippen LogP) is 4.92. The van der Waals surface area contributed by atoms with Crippen molar-refractivity contribution in [3.63, 3.8) is 0 Å². The van der Waals surface area contributed by atoms with Gasteiger partial charge in [-0.3, -0.25) is 4.79 Å². The Labute approximate surface area is 145 Å². The van der Waals surface area contributed by atoms with Crippen LogP contribution in [0, 0.1) is 18.3 Å². The first-order valence-electron chi connectivity index (χ1n) is 6.87. The number of rotatable bonds is 4. The summed E-state index contributed by atoms with van der Waals surface area (Å²) in [7, 11) is 0. The Kier molecular flexibility index (Phi) is 5.86. The van der Waals surface area contributed by atoms with Crippen LogP contribution >= 0.6 is 23.4 Å². The van der Waals surface area contributed by atoms with Crippen molar-refractivity contribution >= 4 is 41.0 Å². The van der Waals surface area contributed by atoms with Gasteiger partial charge in [-0.25, -0.2) is 0 Å². The number of amides is 1. The maximum Gasteiger partial charge on any atom is 0.266 e. The summed E-state index contributed by atoms with van der Waals surface area (Å²) in [5.74, 6) is -0.457. The Bertz CT molecular complexity index is 792. The van der Waals surface area contributed by atoms with Crippen molar-refractivity contribution in [1.29, 1.82) is 5.26 Å². The Morgan fingerprint density at radius 3 is 2.52 bits per heavy atom. The van der Waals surface area contributed by atoms with Gasteiger partial charge < -0.3 is 5.32 Å². The van der Waals surface area contributed by atoms with E-state index in [0.29, 0.717) is 10.7 Å². The molecular formula is C18H15ClN2OS. The van der Waals surface area contributed by atoms with Crippen LogP contribution in [0.5, 0.6) is 0 Å². The van der Waals surface area contributed by atoms with E-state index in [4.69, 9.17) is 11.6 Å². The minimum Gasteiger partial charge on any atom is -0.321 e. The van der Waals surface area contributed by atoms with E-state index in [-0.39, 0.29) is 5.57 Å². The van der Waals surface area contributed by atoms with Gasteiger partial charge in [-0.05, 0) is 54.6 Å². The maximum absolute atomic E-state index is 12.2. The van der Waals surface area contributed by atoms with Crippen molar-refractivity contribution in [3.8, 4) is 6.07 Å². The number of thioether (sulfide) groups is 1. The maximum atomic E-state index is 12.2. The second-order valence-electron chi connectivity index (χ2n) is 4.86. The van der Waals surface area contributed by atoms with Gasteiger partial charge in [0.25, 0.3) is 5.91 Å². The van der Waals surface area contributed by atoms with E-state index in [0.717, 1.165) is 16.0 Å². The molecule has 116 valence electrons. The summed E-state index contributed by atoms with van der Waals surface area (Å²) in [5, 5.41) is 12.5. The zero-order valence-corrected chi connectivity index (χ0v) is 14.3. The molecule has 0 saturated carbocycles. The molecule has 0 atom stereocenters. The van der Waals surface area contributed by atoms with Crippen LogP contribution in [0.15, 0.2) is 52.9 Å². The van der Waals surface area contributed by atoms with E-state index in [9.17, 15) is 10.1 Å². The number of nitrogens with one attached hydrogen (secondary N) is 1. The summed E-state index contributed by atoms with van der Waals surface area (Å²) in [4.78, 5) is 13.3. The van der Waals surface area contributed by atoms with Gasteiger partial charge in [-0.1, -0.05) is 29.8 Å². The van der Waals surface area contributed by atoms with Gasteiger partial charge in [0, 0.05) is 15.6 Å². The van der Waals surface area contributed by atoms with E-state index < -0.39 is 5.91 Å². The highest BCUT2D eigenvalue weighted by molar-refractivity contribution is 7.98. The Morgan fingerprint density at radius 1 is 1.26 bits per heavy atom. The van der Waals surface area contributed by atoms with Gasteiger partial charge in [-0.15, -0.1) is 11.8 Å². The molecule has 3 nitrogen and oxygen atoms in total. The average Bonchev–Trinajstić information content (AvgIpc) is 2.56. The number of hydrogen-bond donors (Lipinski definition) is 1. The van der Waals surface area contributed by atoms with Gasteiger partial charge in [0.2, 0.25) is 0 Å². The molecule has 0 aliphatic carbocycles. The highest BCUT2D eigenvalue weighted by atomic mass is 35.5. The second-order valence-corrected chi connectivity index (χ2v) is 6.15. The minimum atomic E-state index is -0.457. The van der Waals surface area contributed by atoms with Crippen molar-refractivity contribution in [3.05, 3.63) is 64.2 Å². The first-order valence-corrected chi connectivity index (χ1v) is 8.47. The molecule has 1 N–H and O–H groups in total. The molecule has 0 fully saturated rings. The number of aryl methyl sites for hydroxylation is 1. The number of benzene rings is 2. The average molecular weight is 343 g/mol. The van der Waals surface area contributed by atoms with Gasteiger partial charge >= 0.3 is 0 Å². The molecule has 0 aliphatic heterocycles. The number of nitriles is 1. The standard InChI is InChI=1S/C18H15ClN2OS/c1-12-3-6-15(10-17(12)19)21-18(22)14(11-20)9-13-4-7-16(23-2)8-5-13/h3-10H,1-2H3,(H,21,22)/b14-9-. The second kappa shape index (κ2) is 7.87. The monoisotopic (exact) mass is 342 g/mol. The molecule has 0 heterocycles. The number of anilines is 1. The van der Waals surface area contributed by atoms with Crippen LogP contribution in [0.4, 0.5) is 5.69 Å². The van der Waals surface area contributed by atoms with Crippen LogP contribution in [0.2, 0.25) is 5.02 Å². The lowest BCUT2D eigenvalue weighted by Crippen LogP contribution is -2.13. The molecule has 0 aliphatic rings. The summed E-state index contributed by atoms with van der Waals surface area (Å²) in [6.45, 7) is 1.88. The van der Waals surface area contributed by atoms with Crippen molar-refractivity contribution < 1.29 is 4.79 Å². The fourth-order valence-corrected chi connectivity index (χ4v) is 2.47. The third-order valence-electron chi connectivity index (χ3n) is 3.22. The molecule has 1 amide bonds. The molecule has 0 aromatic heterocycles. The van der Waals surface area contributed by atoms with E-state index in [1.165, 1.54) is 0 Å². The van der Waals surface area contributed by atoms with Crippen molar-refractivity contribution in [2.75, 3.05) is 11.6 Å². The summed E-state index contributed by atoms with van der Waals surface area (Å²) in [5.41, 5.74) is 2.33. The van der Waals surface area contributed by atoms with E-state index in [2.05, 4.69) is 5.32 Å². The van der Waals surface area contributed by atoms with Gasteiger partial charge in [0.05, 0.1) is 0 Å². The zero-order valence-electron chi connectivity index (χ0n) is 12.8. The lowest BCUT2D eigenvalue weighted by atomic mass is 10.1. The molecular weight excluding hydrogens is 328 g/mol. The van der Waals surface area contributed by atoms with Crippen LogP contribution in [-0.2, 0) is 4.79 Å².